The van der Waals surface area contributed by atoms with E-state index in [0.29, 0.717) is 23.5 Å². The van der Waals surface area contributed by atoms with Crippen molar-refractivity contribution in [3.63, 3.8) is 0 Å². The van der Waals surface area contributed by atoms with Crippen LogP contribution in [0.2, 0.25) is 0 Å². The summed E-state index contributed by atoms with van der Waals surface area (Å²) in [6.45, 7) is 1.71. The molecule has 1 aromatic rings. The molecule has 0 aliphatic heterocycles. The fraction of sp³-hybridized carbons (Fsp3) is 0.545. The van der Waals surface area contributed by atoms with Crippen LogP contribution >= 0.6 is 0 Å². The number of nitrogens with zero attached hydrogens (tertiary/aromatic N) is 2. The molecule has 0 radical (unpaired) electrons. The molecule has 1 saturated carbocycles. The van der Waals surface area contributed by atoms with Crippen LogP contribution in [0.3, 0.4) is 0 Å². The summed E-state index contributed by atoms with van der Waals surface area (Å²) in [6, 6.07) is 2.06. The normalized spacial score (nSPS) is 22.9. The van der Waals surface area contributed by atoms with Gasteiger partial charge in [-0.05, 0) is 25.8 Å². The molecule has 0 atom stereocenters. The Morgan fingerprint density at radius 1 is 1.59 bits per heavy atom. The van der Waals surface area contributed by atoms with Crippen molar-refractivity contribution in [1.29, 1.82) is 0 Å². The van der Waals surface area contributed by atoms with Crippen molar-refractivity contribution in [3.8, 4) is 0 Å². The van der Waals surface area contributed by atoms with E-state index in [9.17, 15) is 10.1 Å². The van der Waals surface area contributed by atoms with Gasteiger partial charge in [0.1, 0.15) is 12.0 Å². The van der Waals surface area contributed by atoms with E-state index in [0.717, 1.165) is 12.8 Å². The van der Waals surface area contributed by atoms with Gasteiger partial charge in [0.2, 0.25) is 0 Å². The third kappa shape index (κ3) is 2.52. The minimum absolute atomic E-state index is 0.0546. The minimum Gasteiger partial charge on any atom is -0.381 e. The molecule has 92 valence electrons. The Morgan fingerprint density at radius 3 is 2.82 bits per heavy atom. The number of nitro groups is 1. The van der Waals surface area contributed by atoms with E-state index in [4.69, 9.17) is 4.74 Å². The summed E-state index contributed by atoms with van der Waals surface area (Å²) < 4.78 is 5.18. The van der Waals surface area contributed by atoms with Crippen LogP contribution in [0.25, 0.3) is 0 Å². The molecular weight excluding hydrogens is 222 g/mol. The van der Waals surface area contributed by atoms with Crippen molar-refractivity contribution in [1.82, 2.24) is 4.98 Å². The molecule has 0 saturated heterocycles. The third-order valence-corrected chi connectivity index (χ3v) is 3.06. The van der Waals surface area contributed by atoms with Crippen LogP contribution in [0.1, 0.15) is 18.4 Å². The molecule has 0 unspecified atom stereocenters. The Kier molecular flexibility index (Phi) is 3.23. The first-order valence-corrected chi connectivity index (χ1v) is 5.50. The smallest absolute Gasteiger partial charge is 0.290 e. The number of anilines is 1. The Balaban J connectivity index is 1.99. The molecule has 0 bridgehead atoms. The van der Waals surface area contributed by atoms with Gasteiger partial charge in [0.25, 0.3) is 5.69 Å². The van der Waals surface area contributed by atoms with E-state index in [2.05, 4.69) is 10.3 Å². The van der Waals surface area contributed by atoms with E-state index in [1.165, 1.54) is 6.20 Å². The maximum atomic E-state index is 10.6. The molecule has 1 aromatic heterocycles. The zero-order valence-electron chi connectivity index (χ0n) is 9.84. The van der Waals surface area contributed by atoms with Crippen LogP contribution in [-0.4, -0.2) is 29.2 Å². The van der Waals surface area contributed by atoms with Gasteiger partial charge in [0.05, 0.1) is 11.0 Å². The molecule has 1 heterocycles. The summed E-state index contributed by atoms with van der Waals surface area (Å²) in [5.74, 6) is 0.688. The number of nitrogens with one attached hydrogen (secondary N) is 1. The van der Waals surface area contributed by atoms with E-state index < -0.39 is 4.92 Å². The standard InChI is InChI=1S/C11H15N3O3/c1-7-3-11(12-6-10(7)14(15)16)13-8-4-9(5-8)17-2/h3,6,8-9H,4-5H2,1-2H3,(H,12,13). The minimum atomic E-state index is -0.420. The number of hydrogen-bond donors (Lipinski definition) is 1. The number of ether oxygens (including phenoxy) is 1. The van der Waals surface area contributed by atoms with Crippen molar-refractivity contribution >= 4 is 11.5 Å². The Morgan fingerprint density at radius 2 is 2.29 bits per heavy atom. The van der Waals surface area contributed by atoms with Crippen LogP contribution in [-0.2, 0) is 4.74 Å². The number of aryl methyl sites for hydroxylation is 1. The maximum Gasteiger partial charge on any atom is 0.290 e. The number of methoxy groups -OCH3 is 1. The molecular formula is C11H15N3O3. The number of rotatable bonds is 4. The first-order chi connectivity index (χ1) is 8.10. The van der Waals surface area contributed by atoms with E-state index in [-0.39, 0.29) is 5.69 Å². The van der Waals surface area contributed by atoms with Gasteiger partial charge in [-0.15, -0.1) is 0 Å². The van der Waals surface area contributed by atoms with Crippen LogP contribution < -0.4 is 5.32 Å². The average molecular weight is 237 g/mol. The lowest BCUT2D eigenvalue weighted by Gasteiger charge is -2.34. The van der Waals surface area contributed by atoms with Gasteiger partial charge in [0.15, 0.2) is 0 Å². The van der Waals surface area contributed by atoms with Crippen molar-refractivity contribution in [2.75, 3.05) is 12.4 Å². The van der Waals surface area contributed by atoms with Gasteiger partial charge in [0, 0.05) is 18.7 Å². The summed E-state index contributed by atoms with van der Waals surface area (Å²) >= 11 is 0. The summed E-state index contributed by atoms with van der Waals surface area (Å²) in [7, 11) is 1.70. The van der Waals surface area contributed by atoms with Gasteiger partial charge in [-0.2, -0.15) is 0 Å². The first-order valence-electron chi connectivity index (χ1n) is 5.50. The number of hydrogen-bond acceptors (Lipinski definition) is 5. The highest BCUT2D eigenvalue weighted by molar-refractivity contribution is 5.47. The van der Waals surface area contributed by atoms with Crippen molar-refractivity contribution in [2.45, 2.75) is 31.9 Å². The molecule has 1 N–H and O–H groups in total. The second-order valence-electron chi connectivity index (χ2n) is 4.28. The Bertz CT molecular complexity index is 430. The zero-order chi connectivity index (χ0) is 12.4. The van der Waals surface area contributed by atoms with E-state index in [1.807, 2.05) is 0 Å². The fourth-order valence-electron chi connectivity index (χ4n) is 1.90. The third-order valence-electron chi connectivity index (χ3n) is 3.06. The highest BCUT2D eigenvalue weighted by Gasteiger charge is 2.29. The Labute approximate surface area is 99.2 Å². The Hall–Kier alpha value is -1.69. The van der Waals surface area contributed by atoms with Crippen LogP contribution in [0, 0.1) is 17.0 Å². The van der Waals surface area contributed by atoms with Gasteiger partial charge < -0.3 is 10.1 Å². The largest absolute Gasteiger partial charge is 0.381 e. The highest BCUT2D eigenvalue weighted by Crippen LogP contribution is 2.27. The lowest BCUT2D eigenvalue weighted by Crippen LogP contribution is -2.40. The lowest BCUT2D eigenvalue weighted by molar-refractivity contribution is -0.385. The van der Waals surface area contributed by atoms with Crippen molar-refractivity contribution < 1.29 is 9.66 Å². The second-order valence-corrected chi connectivity index (χ2v) is 4.28. The predicted octanol–water partition coefficient (Wildman–Crippen LogP) is 1.89. The van der Waals surface area contributed by atoms with Crippen LogP contribution in [0.5, 0.6) is 0 Å². The monoisotopic (exact) mass is 237 g/mol. The second kappa shape index (κ2) is 4.67. The predicted molar refractivity (Wildman–Crippen MR) is 63.1 cm³/mol. The van der Waals surface area contributed by atoms with Crippen molar-refractivity contribution in [2.24, 2.45) is 0 Å². The van der Waals surface area contributed by atoms with Gasteiger partial charge in [-0.3, -0.25) is 10.1 Å². The van der Waals surface area contributed by atoms with Gasteiger partial charge in [-0.1, -0.05) is 0 Å². The average Bonchev–Trinajstić information content (AvgIpc) is 2.22. The number of pyridine rings is 1. The van der Waals surface area contributed by atoms with Crippen LogP contribution in [0.4, 0.5) is 11.5 Å². The molecule has 1 aliphatic rings. The molecule has 1 aliphatic carbocycles. The lowest BCUT2D eigenvalue weighted by atomic mass is 9.89. The van der Waals surface area contributed by atoms with Gasteiger partial charge >= 0.3 is 0 Å². The summed E-state index contributed by atoms with van der Waals surface area (Å²) in [5.41, 5.74) is 0.675. The van der Waals surface area contributed by atoms with Crippen molar-refractivity contribution in [3.05, 3.63) is 27.9 Å². The zero-order valence-corrected chi connectivity index (χ0v) is 9.84. The summed E-state index contributed by atoms with van der Waals surface area (Å²) in [4.78, 5) is 14.3. The topological polar surface area (TPSA) is 77.3 Å². The summed E-state index contributed by atoms with van der Waals surface area (Å²) in [6.07, 6.45) is 3.53. The number of aromatic nitrogens is 1. The van der Waals surface area contributed by atoms with E-state index in [1.54, 1.807) is 20.1 Å². The molecule has 2 rings (SSSR count). The summed E-state index contributed by atoms with van der Waals surface area (Å²) in [5, 5.41) is 13.9. The molecule has 0 amide bonds. The fourth-order valence-corrected chi connectivity index (χ4v) is 1.90. The van der Waals surface area contributed by atoms with Crippen LogP contribution in [0.15, 0.2) is 12.3 Å². The SMILES string of the molecule is COC1CC(Nc2cc(C)c([N+](=O)[O-])cn2)C1. The van der Waals surface area contributed by atoms with E-state index >= 15 is 0 Å². The molecule has 17 heavy (non-hydrogen) atoms. The molecule has 0 spiro atoms. The molecule has 6 heteroatoms. The first kappa shape index (κ1) is 11.8. The highest BCUT2D eigenvalue weighted by atomic mass is 16.6. The molecule has 0 aromatic carbocycles. The molecule has 1 fully saturated rings. The quantitative estimate of drug-likeness (QED) is 0.639. The maximum absolute atomic E-state index is 10.6. The molecule has 6 nitrogen and oxygen atoms in total. The van der Waals surface area contributed by atoms with Gasteiger partial charge in [-0.25, -0.2) is 4.98 Å².